The summed E-state index contributed by atoms with van der Waals surface area (Å²) in [6, 6.07) is 3.73. The Labute approximate surface area is 109 Å². The van der Waals surface area contributed by atoms with E-state index in [9.17, 15) is 4.79 Å². The number of amides is 1. The largest absolute Gasteiger partial charge is 0.330 e. The van der Waals surface area contributed by atoms with Gasteiger partial charge in [-0.25, -0.2) is 0 Å². The zero-order chi connectivity index (χ0) is 13.4. The highest BCUT2D eigenvalue weighted by Gasteiger charge is 2.14. The van der Waals surface area contributed by atoms with Crippen molar-refractivity contribution < 1.29 is 4.79 Å². The van der Waals surface area contributed by atoms with Crippen molar-refractivity contribution in [2.45, 2.75) is 33.1 Å². The highest BCUT2D eigenvalue weighted by Crippen LogP contribution is 2.16. The second kappa shape index (κ2) is 7.82. The summed E-state index contributed by atoms with van der Waals surface area (Å²) in [6.07, 6.45) is 5.88. The SMILES string of the molecule is CCN(C(=O)CCC(C)CCN)c1ccncc1. The zero-order valence-electron chi connectivity index (χ0n) is 11.3. The van der Waals surface area contributed by atoms with E-state index in [1.165, 1.54) is 0 Å². The second-order valence-corrected chi connectivity index (χ2v) is 4.56. The Morgan fingerprint density at radius 2 is 2.06 bits per heavy atom. The summed E-state index contributed by atoms with van der Waals surface area (Å²) in [4.78, 5) is 17.9. The molecule has 0 spiro atoms. The Balaban J connectivity index is 2.53. The third kappa shape index (κ3) is 4.45. The quantitative estimate of drug-likeness (QED) is 0.806. The van der Waals surface area contributed by atoms with Gasteiger partial charge in [0, 0.05) is 31.0 Å². The summed E-state index contributed by atoms with van der Waals surface area (Å²) >= 11 is 0. The van der Waals surface area contributed by atoms with Crippen molar-refractivity contribution >= 4 is 11.6 Å². The van der Waals surface area contributed by atoms with Crippen LogP contribution in [0.4, 0.5) is 5.69 Å². The van der Waals surface area contributed by atoms with Gasteiger partial charge in [-0.05, 0) is 44.4 Å². The molecule has 1 amide bonds. The fraction of sp³-hybridized carbons (Fsp3) is 0.571. The number of nitrogens with zero attached hydrogens (tertiary/aromatic N) is 2. The van der Waals surface area contributed by atoms with E-state index in [2.05, 4.69) is 11.9 Å². The first-order chi connectivity index (χ1) is 8.69. The summed E-state index contributed by atoms with van der Waals surface area (Å²) in [5.41, 5.74) is 6.43. The third-order valence-electron chi connectivity index (χ3n) is 3.10. The molecule has 4 heteroatoms. The van der Waals surface area contributed by atoms with Crippen molar-refractivity contribution in [3.8, 4) is 0 Å². The lowest BCUT2D eigenvalue weighted by molar-refractivity contribution is -0.118. The Morgan fingerprint density at radius 1 is 1.39 bits per heavy atom. The van der Waals surface area contributed by atoms with Gasteiger partial charge in [0.25, 0.3) is 0 Å². The smallest absolute Gasteiger partial charge is 0.226 e. The highest BCUT2D eigenvalue weighted by atomic mass is 16.2. The van der Waals surface area contributed by atoms with Gasteiger partial charge >= 0.3 is 0 Å². The lowest BCUT2D eigenvalue weighted by Gasteiger charge is -2.21. The number of hydrogen-bond donors (Lipinski definition) is 1. The molecule has 1 atom stereocenters. The molecule has 0 bridgehead atoms. The molecule has 0 radical (unpaired) electrons. The number of hydrogen-bond acceptors (Lipinski definition) is 3. The van der Waals surface area contributed by atoms with E-state index >= 15 is 0 Å². The minimum atomic E-state index is 0.174. The Hall–Kier alpha value is -1.42. The van der Waals surface area contributed by atoms with Gasteiger partial charge in [-0.1, -0.05) is 6.92 Å². The monoisotopic (exact) mass is 249 g/mol. The average molecular weight is 249 g/mol. The van der Waals surface area contributed by atoms with Crippen LogP contribution in [0.3, 0.4) is 0 Å². The van der Waals surface area contributed by atoms with Crippen LogP contribution in [0.25, 0.3) is 0 Å². The number of pyridine rings is 1. The summed E-state index contributed by atoms with van der Waals surface area (Å²) in [5, 5.41) is 0. The van der Waals surface area contributed by atoms with Gasteiger partial charge in [0.15, 0.2) is 0 Å². The molecular formula is C14H23N3O. The van der Waals surface area contributed by atoms with E-state index in [1.54, 1.807) is 17.3 Å². The van der Waals surface area contributed by atoms with Crippen LogP contribution in [-0.2, 0) is 4.79 Å². The first kappa shape index (κ1) is 14.6. The maximum atomic E-state index is 12.2. The molecule has 1 aromatic heterocycles. The topological polar surface area (TPSA) is 59.2 Å². The molecule has 0 aliphatic heterocycles. The standard InChI is InChI=1S/C14H23N3O/c1-3-17(13-7-10-16-11-8-13)14(18)5-4-12(2)6-9-15/h7-8,10-12H,3-6,9,15H2,1-2H3. The molecule has 0 aliphatic rings. The number of nitrogens with two attached hydrogens (primary N) is 1. The predicted octanol–water partition coefficient (Wildman–Crippen LogP) is 2.20. The van der Waals surface area contributed by atoms with Crippen molar-refractivity contribution in [1.29, 1.82) is 0 Å². The minimum absolute atomic E-state index is 0.174. The number of carbonyl (C=O) groups excluding carboxylic acids is 1. The van der Waals surface area contributed by atoms with Crippen LogP contribution in [0.1, 0.15) is 33.1 Å². The van der Waals surface area contributed by atoms with Crippen LogP contribution < -0.4 is 10.6 Å². The first-order valence-corrected chi connectivity index (χ1v) is 6.59. The molecule has 1 rings (SSSR count). The molecule has 0 aliphatic carbocycles. The summed E-state index contributed by atoms with van der Waals surface area (Å²) in [6.45, 7) is 5.51. The predicted molar refractivity (Wildman–Crippen MR) is 74.3 cm³/mol. The molecule has 0 aromatic carbocycles. The molecule has 100 valence electrons. The lowest BCUT2D eigenvalue weighted by Crippen LogP contribution is -2.30. The fourth-order valence-electron chi connectivity index (χ4n) is 1.96. The Kier molecular flexibility index (Phi) is 6.36. The molecule has 1 heterocycles. The maximum absolute atomic E-state index is 12.2. The van der Waals surface area contributed by atoms with E-state index in [0.717, 1.165) is 18.5 Å². The molecule has 0 saturated carbocycles. The molecule has 1 aromatic rings. The van der Waals surface area contributed by atoms with Crippen LogP contribution in [0.2, 0.25) is 0 Å². The average Bonchev–Trinajstić information content (AvgIpc) is 2.39. The molecule has 0 fully saturated rings. The summed E-state index contributed by atoms with van der Waals surface area (Å²) in [5.74, 6) is 0.683. The molecule has 4 nitrogen and oxygen atoms in total. The van der Waals surface area contributed by atoms with Gasteiger partial charge in [0.2, 0.25) is 5.91 Å². The van der Waals surface area contributed by atoms with Gasteiger partial charge < -0.3 is 10.6 Å². The van der Waals surface area contributed by atoms with Crippen LogP contribution in [0.5, 0.6) is 0 Å². The molecule has 2 N–H and O–H groups in total. The third-order valence-corrected chi connectivity index (χ3v) is 3.10. The van der Waals surface area contributed by atoms with E-state index in [0.29, 0.717) is 25.4 Å². The normalized spacial score (nSPS) is 12.2. The summed E-state index contributed by atoms with van der Waals surface area (Å²) < 4.78 is 0. The van der Waals surface area contributed by atoms with Crippen molar-refractivity contribution in [3.63, 3.8) is 0 Å². The fourth-order valence-corrected chi connectivity index (χ4v) is 1.96. The molecule has 18 heavy (non-hydrogen) atoms. The number of carbonyl (C=O) groups is 1. The highest BCUT2D eigenvalue weighted by molar-refractivity contribution is 5.93. The summed E-state index contributed by atoms with van der Waals surface area (Å²) in [7, 11) is 0. The van der Waals surface area contributed by atoms with Gasteiger partial charge in [-0.15, -0.1) is 0 Å². The van der Waals surface area contributed by atoms with Gasteiger partial charge in [0.1, 0.15) is 0 Å². The van der Waals surface area contributed by atoms with Gasteiger partial charge in [0.05, 0.1) is 0 Å². The van der Waals surface area contributed by atoms with E-state index in [4.69, 9.17) is 5.73 Å². The number of rotatable bonds is 7. The zero-order valence-corrected chi connectivity index (χ0v) is 11.3. The lowest BCUT2D eigenvalue weighted by atomic mass is 10.0. The molecular weight excluding hydrogens is 226 g/mol. The van der Waals surface area contributed by atoms with Crippen LogP contribution in [0.15, 0.2) is 24.5 Å². The van der Waals surface area contributed by atoms with Crippen LogP contribution in [0, 0.1) is 5.92 Å². The molecule has 0 saturated heterocycles. The van der Waals surface area contributed by atoms with Crippen molar-refractivity contribution in [2.75, 3.05) is 18.0 Å². The van der Waals surface area contributed by atoms with Crippen molar-refractivity contribution in [3.05, 3.63) is 24.5 Å². The first-order valence-electron chi connectivity index (χ1n) is 6.59. The van der Waals surface area contributed by atoms with E-state index in [1.807, 2.05) is 19.1 Å². The van der Waals surface area contributed by atoms with Crippen molar-refractivity contribution in [2.24, 2.45) is 11.7 Å². The Morgan fingerprint density at radius 3 is 2.61 bits per heavy atom. The molecule has 1 unspecified atom stereocenters. The van der Waals surface area contributed by atoms with Gasteiger partial charge in [-0.3, -0.25) is 9.78 Å². The van der Waals surface area contributed by atoms with E-state index < -0.39 is 0 Å². The second-order valence-electron chi connectivity index (χ2n) is 4.56. The van der Waals surface area contributed by atoms with Crippen LogP contribution in [-0.4, -0.2) is 24.0 Å². The van der Waals surface area contributed by atoms with Gasteiger partial charge in [-0.2, -0.15) is 0 Å². The van der Waals surface area contributed by atoms with E-state index in [-0.39, 0.29) is 5.91 Å². The number of anilines is 1. The van der Waals surface area contributed by atoms with Crippen molar-refractivity contribution in [1.82, 2.24) is 4.98 Å². The Bertz CT molecular complexity index is 353. The maximum Gasteiger partial charge on any atom is 0.226 e. The van der Waals surface area contributed by atoms with Crippen LogP contribution >= 0.6 is 0 Å². The number of aromatic nitrogens is 1. The minimum Gasteiger partial charge on any atom is -0.330 e.